The summed E-state index contributed by atoms with van der Waals surface area (Å²) < 4.78 is 0. The fourth-order valence-electron chi connectivity index (χ4n) is 0.183. The second kappa shape index (κ2) is 2.50. The van der Waals surface area contributed by atoms with Crippen molar-refractivity contribution >= 4 is 5.96 Å². The summed E-state index contributed by atoms with van der Waals surface area (Å²) in [5.74, 6) is 0.164. The molecule has 0 aromatic heterocycles. The third-order valence-corrected chi connectivity index (χ3v) is 0.341. The lowest BCUT2D eigenvalue weighted by Crippen LogP contribution is -2.22. The smallest absolute Gasteiger partial charge is 0.185 e. The van der Waals surface area contributed by atoms with Crippen molar-refractivity contribution in [2.24, 2.45) is 16.5 Å². The second-order valence-corrected chi connectivity index (χ2v) is 0.899. The van der Waals surface area contributed by atoms with E-state index in [4.69, 9.17) is 11.5 Å². The molecule has 0 saturated carbocycles. The molecule has 0 aromatic carbocycles. The van der Waals surface area contributed by atoms with Gasteiger partial charge in [-0.2, -0.15) is 0 Å². The van der Waals surface area contributed by atoms with E-state index in [1.54, 1.807) is 0 Å². The molecule has 3 nitrogen and oxygen atoms in total. The minimum Gasteiger partial charge on any atom is -0.370 e. The Balaban J connectivity index is 3.14. The van der Waals surface area contributed by atoms with Crippen LogP contribution in [0.15, 0.2) is 4.99 Å². The Morgan fingerprint density at radius 1 is 1.67 bits per heavy atom. The van der Waals surface area contributed by atoms with Crippen molar-refractivity contribution in [1.29, 1.82) is 0 Å². The third-order valence-electron chi connectivity index (χ3n) is 0.341. The molecule has 0 spiro atoms. The molecule has 0 amide bonds. The summed E-state index contributed by atoms with van der Waals surface area (Å²) in [5, 5.41) is 0. The van der Waals surface area contributed by atoms with E-state index in [9.17, 15) is 0 Å². The number of hydrogen-bond donors (Lipinski definition) is 2. The number of guanidine groups is 1. The van der Waals surface area contributed by atoms with E-state index < -0.39 is 0 Å². The molecule has 0 heterocycles. The van der Waals surface area contributed by atoms with Crippen molar-refractivity contribution in [1.82, 2.24) is 0 Å². The SMILES string of the molecule is CCN=C(N)N. The van der Waals surface area contributed by atoms with Crippen LogP contribution in [0, 0.1) is 0 Å². The molecule has 6 heavy (non-hydrogen) atoms. The summed E-state index contributed by atoms with van der Waals surface area (Å²) >= 11 is 0. The zero-order valence-corrected chi connectivity index (χ0v) is 3.81. The zero-order chi connectivity index (χ0) is 4.99. The number of nitrogens with two attached hydrogens (primary N) is 2. The number of hydrogen-bond acceptors (Lipinski definition) is 1. The number of nitrogens with zero attached hydrogens (tertiary/aromatic N) is 1. The maximum atomic E-state index is 4.93. The van der Waals surface area contributed by atoms with Gasteiger partial charge in [-0.15, -0.1) is 0 Å². The molecule has 0 bridgehead atoms. The second-order valence-electron chi connectivity index (χ2n) is 0.899. The molecule has 0 aromatic rings. The molecule has 0 atom stereocenters. The van der Waals surface area contributed by atoms with E-state index >= 15 is 0 Å². The number of rotatable bonds is 1. The van der Waals surface area contributed by atoms with Gasteiger partial charge in [-0.25, -0.2) is 0 Å². The van der Waals surface area contributed by atoms with Crippen LogP contribution in [-0.4, -0.2) is 12.5 Å². The van der Waals surface area contributed by atoms with Gasteiger partial charge in [0.15, 0.2) is 5.96 Å². The van der Waals surface area contributed by atoms with E-state index in [2.05, 4.69) is 4.99 Å². The molecule has 0 aliphatic carbocycles. The average molecular weight is 87.1 g/mol. The molecule has 0 radical (unpaired) electrons. The largest absolute Gasteiger partial charge is 0.370 e. The van der Waals surface area contributed by atoms with Crippen molar-refractivity contribution < 1.29 is 0 Å². The first-order chi connectivity index (χ1) is 2.77. The van der Waals surface area contributed by atoms with E-state index in [-0.39, 0.29) is 5.96 Å². The molecule has 36 valence electrons. The maximum absolute atomic E-state index is 4.93. The minimum absolute atomic E-state index is 0.164. The van der Waals surface area contributed by atoms with Crippen LogP contribution in [0.4, 0.5) is 0 Å². The van der Waals surface area contributed by atoms with Crippen LogP contribution >= 0.6 is 0 Å². The van der Waals surface area contributed by atoms with Crippen LogP contribution in [-0.2, 0) is 0 Å². The maximum Gasteiger partial charge on any atom is 0.185 e. The van der Waals surface area contributed by atoms with Crippen LogP contribution in [0.5, 0.6) is 0 Å². The average Bonchev–Trinajstić information content (AvgIpc) is 1.35. The van der Waals surface area contributed by atoms with Gasteiger partial charge in [-0.1, -0.05) is 0 Å². The molecule has 0 fully saturated rings. The van der Waals surface area contributed by atoms with Crippen LogP contribution in [0.25, 0.3) is 0 Å². The standard InChI is InChI=1S/C3H9N3/c1-2-6-3(4)5/h2H2,1H3,(H4,4,5,6). The monoisotopic (exact) mass is 87.1 g/mol. The van der Waals surface area contributed by atoms with Crippen molar-refractivity contribution in [3.05, 3.63) is 0 Å². The lowest BCUT2D eigenvalue weighted by molar-refractivity contribution is 1.11. The van der Waals surface area contributed by atoms with Gasteiger partial charge >= 0.3 is 0 Å². The molecule has 4 N–H and O–H groups in total. The normalized spacial score (nSPS) is 7.50. The molecule has 3 heteroatoms. The lowest BCUT2D eigenvalue weighted by Gasteiger charge is -1.82. The van der Waals surface area contributed by atoms with Crippen molar-refractivity contribution in [2.75, 3.05) is 6.54 Å². The van der Waals surface area contributed by atoms with Gasteiger partial charge < -0.3 is 11.5 Å². The van der Waals surface area contributed by atoms with Gasteiger partial charge in [-0.05, 0) is 6.92 Å². The topological polar surface area (TPSA) is 64.4 Å². The highest BCUT2D eigenvalue weighted by Gasteiger charge is 1.68. The Morgan fingerprint density at radius 2 is 2.17 bits per heavy atom. The van der Waals surface area contributed by atoms with Crippen LogP contribution in [0.2, 0.25) is 0 Å². The predicted molar refractivity (Wildman–Crippen MR) is 26.4 cm³/mol. The van der Waals surface area contributed by atoms with Gasteiger partial charge in [0.05, 0.1) is 0 Å². The van der Waals surface area contributed by atoms with E-state index in [0.717, 1.165) is 0 Å². The van der Waals surface area contributed by atoms with Crippen LogP contribution in [0.1, 0.15) is 6.92 Å². The fraction of sp³-hybridized carbons (Fsp3) is 0.667. The minimum atomic E-state index is 0.164. The Morgan fingerprint density at radius 3 is 2.17 bits per heavy atom. The summed E-state index contributed by atoms with van der Waals surface area (Å²) in [6.07, 6.45) is 0. The molecular weight excluding hydrogens is 78.1 g/mol. The zero-order valence-electron chi connectivity index (χ0n) is 3.81. The van der Waals surface area contributed by atoms with E-state index in [1.807, 2.05) is 6.92 Å². The highest BCUT2D eigenvalue weighted by atomic mass is 15.0. The Labute approximate surface area is 37.0 Å². The summed E-state index contributed by atoms with van der Waals surface area (Å²) in [4.78, 5) is 3.60. The van der Waals surface area contributed by atoms with Crippen LogP contribution in [0.3, 0.4) is 0 Å². The van der Waals surface area contributed by atoms with Gasteiger partial charge in [0.1, 0.15) is 0 Å². The highest BCUT2D eigenvalue weighted by Crippen LogP contribution is 1.58. The van der Waals surface area contributed by atoms with E-state index in [0.29, 0.717) is 6.54 Å². The van der Waals surface area contributed by atoms with Crippen LogP contribution < -0.4 is 11.5 Å². The predicted octanol–water partition coefficient (Wildman–Crippen LogP) is -0.720. The highest BCUT2D eigenvalue weighted by molar-refractivity contribution is 5.75. The Bertz CT molecular complexity index is 53.1. The summed E-state index contributed by atoms with van der Waals surface area (Å²) in [6, 6.07) is 0. The van der Waals surface area contributed by atoms with Gasteiger partial charge in [0, 0.05) is 6.54 Å². The Kier molecular flexibility index (Phi) is 2.20. The lowest BCUT2D eigenvalue weighted by atomic mass is 10.8. The molecule has 0 aliphatic heterocycles. The van der Waals surface area contributed by atoms with Gasteiger partial charge in [0.2, 0.25) is 0 Å². The first kappa shape index (κ1) is 5.27. The third kappa shape index (κ3) is 3.27. The first-order valence-electron chi connectivity index (χ1n) is 1.82. The van der Waals surface area contributed by atoms with Crippen molar-refractivity contribution in [3.8, 4) is 0 Å². The van der Waals surface area contributed by atoms with Crippen molar-refractivity contribution in [2.45, 2.75) is 6.92 Å². The molecule has 0 rings (SSSR count). The summed E-state index contributed by atoms with van der Waals surface area (Å²) in [7, 11) is 0. The molecule has 0 saturated heterocycles. The number of aliphatic imine (C=N–C) groups is 1. The van der Waals surface area contributed by atoms with Gasteiger partial charge in [-0.3, -0.25) is 4.99 Å². The first-order valence-corrected chi connectivity index (χ1v) is 1.82. The van der Waals surface area contributed by atoms with Crippen molar-refractivity contribution in [3.63, 3.8) is 0 Å². The molecular formula is C3H9N3. The summed E-state index contributed by atoms with van der Waals surface area (Å²) in [6.45, 7) is 2.54. The fourth-order valence-corrected chi connectivity index (χ4v) is 0.183. The quantitative estimate of drug-likeness (QED) is 0.327. The Hall–Kier alpha value is -0.730. The van der Waals surface area contributed by atoms with Gasteiger partial charge in [0.25, 0.3) is 0 Å². The molecule has 0 unspecified atom stereocenters. The van der Waals surface area contributed by atoms with E-state index in [1.165, 1.54) is 0 Å². The molecule has 0 aliphatic rings. The summed E-state index contributed by atoms with van der Waals surface area (Å²) in [5.41, 5.74) is 9.86.